The van der Waals surface area contributed by atoms with Crippen molar-refractivity contribution in [1.82, 2.24) is 0 Å². The molecule has 0 saturated heterocycles. The Morgan fingerprint density at radius 1 is 0.739 bits per heavy atom. The fraction of sp³-hybridized carbons (Fsp3) is 0.455. The summed E-state index contributed by atoms with van der Waals surface area (Å²) in [5.41, 5.74) is 3.06. The Balaban J connectivity index is 2.38. The first-order chi connectivity index (χ1) is 11.0. The Bertz CT molecular complexity index is 532. The fourth-order valence-electron chi connectivity index (χ4n) is 3.55. The normalized spacial score (nSPS) is 12.3. The van der Waals surface area contributed by atoms with Crippen LogP contribution in [0.2, 0.25) is 0 Å². The molecule has 0 aromatic heterocycles. The van der Waals surface area contributed by atoms with Gasteiger partial charge in [0.15, 0.2) is 0 Å². The maximum atomic E-state index is 2.44. The standard InChI is InChI=1S/C22H30S/c1-21(2,17-11-12-18-23-4)22(3,19-13-7-5-8-14-19)20-15-9-6-10-16-20/h5-10,13-16H,11-12,17-18H2,1-4H3. The van der Waals surface area contributed by atoms with Crippen molar-refractivity contribution in [3.05, 3.63) is 71.8 Å². The van der Waals surface area contributed by atoms with Crippen molar-refractivity contribution in [2.45, 2.75) is 45.4 Å². The topological polar surface area (TPSA) is 0 Å². The number of hydrogen-bond acceptors (Lipinski definition) is 1. The van der Waals surface area contributed by atoms with E-state index in [9.17, 15) is 0 Å². The number of benzene rings is 2. The van der Waals surface area contributed by atoms with E-state index in [1.165, 1.54) is 36.1 Å². The minimum atomic E-state index is 0.0227. The van der Waals surface area contributed by atoms with Gasteiger partial charge < -0.3 is 0 Å². The molecule has 23 heavy (non-hydrogen) atoms. The first kappa shape index (κ1) is 18.1. The summed E-state index contributed by atoms with van der Waals surface area (Å²) in [7, 11) is 0. The molecular weight excluding hydrogens is 296 g/mol. The molecule has 0 unspecified atom stereocenters. The summed E-state index contributed by atoms with van der Waals surface area (Å²) < 4.78 is 0. The maximum Gasteiger partial charge on any atom is 0.0225 e. The summed E-state index contributed by atoms with van der Waals surface area (Å²) >= 11 is 1.95. The molecule has 0 spiro atoms. The monoisotopic (exact) mass is 326 g/mol. The van der Waals surface area contributed by atoms with Crippen molar-refractivity contribution in [2.24, 2.45) is 5.41 Å². The number of rotatable bonds is 8. The van der Waals surface area contributed by atoms with Crippen molar-refractivity contribution in [3.63, 3.8) is 0 Å². The predicted octanol–water partition coefficient (Wildman–Crippen LogP) is 6.55. The van der Waals surface area contributed by atoms with Crippen LogP contribution in [0.3, 0.4) is 0 Å². The van der Waals surface area contributed by atoms with Gasteiger partial charge in [-0.2, -0.15) is 11.8 Å². The van der Waals surface area contributed by atoms with E-state index in [1.54, 1.807) is 0 Å². The van der Waals surface area contributed by atoms with Crippen LogP contribution in [0.15, 0.2) is 60.7 Å². The molecule has 2 aromatic carbocycles. The van der Waals surface area contributed by atoms with Gasteiger partial charge in [-0.15, -0.1) is 0 Å². The van der Waals surface area contributed by atoms with Gasteiger partial charge in [-0.05, 0) is 41.4 Å². The van der Waals surface area contributed by atoms with Crippen LogP contribution in [0.25, 0.3) is 0 Å². The Labute approximate surface area is 146 Å². The Hall–Kier alpha value is -1.21. The van der Waals surface area contributed by atoms with Gasteiger partial charge in [-0.1, -0.05) is 87.9 Å². The van der Waals surface area contributed by atoms with E-state index in [0.29, 0.717) is 0 Å². The molecule has 0 atom stereocenters. The summed E-state index contributed by atoms with van der Waals surface area (Å²) in [6.07, 6.45) is 6.05. The lowest BCUT2D eigenvalue weighted by atomic mass is 9.58. The van der Waals surface area contributed by atoms with Crippen molar-refractivity contribution >= 4 is 11.8 Å². The predicted molar refractivity (Wildman–Crippen MR) is 105 cm³/mol. The largest absolute Gasteiger partial charge is 0.165 e. The van der Waals surface area contributed by atoms with Gasteiger partial charge in [0.05, 0.1) is 0 Å². The second kappa shape index (κ2) is 8.06. The molecule has 0 radical (unpaired) electrons. The van der Waals surface area contributed by atoms with E-state index < -0.39 is 0 Å². The molecule has 0 amide bonds. The molecule has 2 rings (SSSR count). The summed E-state index contributed by atoms with van der Waals surface area (Å²) in [6.45, 7) is 7.30. The van der Waals surface area contributed by atoms with E-state index in [4.69, 9.17) is 0 Å². The van der Waals surface area contributed by atoms with Crippen molar-refractivity contribution in [2.75, 3.05) is 12.0 Å². The van der Waals surface area contributed by atoms with E-state index in [0.717, 1.165) is 0 Å². The SMILES string of the molecule is CSCCCCC(C)(C)C(C)(c1ccccc1)c1ccccc1. The van der Waals surface area contributed by atoms with E-state index in [-0.39, 0.29) is 10.8 Å². The van der Waals surface area contributed by atoms with Crippen LogP contribution in [0, 0.1) is 5.41 Å². The maximum absolute atomic E-state index is 2.44. The van der Waals surface area contributed by atoms with Crippen LogP contribution in [0.1, 0.15) is 51.2 Å². The highest BCUT2D eigenvalue weighted by molar-refractivity contribution is 7.98. The molecule has 0 nitrogen and oxygen atoms in total. The molecule has 0 aliphatic carbocycles. The van der Waals surface area contributed by atoms with Crippen molar-refractivity contribution < 1.29 is 0 Å². The molecule has 0 N–H and O–H groups in total. The molecule has 0 saturated carbocycles. The van der Waals surface area contributed by atoms with Gasteiger partial charge in [-0.25, -0.2) is 0 Å². The molecule has 0 heterocycles. The summed E-state index contributed by atoms with van der Waals surface area (Å²) in [4.78, 5) is 0. The number of hydrogen-bond donors (Lipinski definition) is 0. The zero-order valence-electron chi connectivity index (χ0n) is 15.0. The van der Waals surface area contributed by atoms with Gasteiger partial charge in [-0.3, -0.25) is 0 Å². The average molecular weight is 327 g/mol. The highest BCUT2D eigenvalue weighted by Crippen LogP contribution is 2.49. The van der Waals surface area contributed by atoms with Crippen LogP contribution in [-0.4, -0.2) is 12.0 Å². The molecule has 0 aliphatic rings. The molecule has 2 aromatic rings. The second-order valence-corrected chi connectivity index (χ2v) is 8.18. The minimum Gasteiger partial charge on any atom is -0.165 e. The van der Waals surface area contributed by atoms with Gasteiger partial charge >= 0.3 is 0 Å². The average Bonchev–Trinajstić information content (AvgIpc) is 2.59. The van der Waals surface area contributed by atoms with Crippen LogP contribution >= 0.6 is 11.8 Å². The van der Waals surface area contributed by atoms with Gasteiger partial charge in [0.2, 0.25) is 0 Å². The smallest absolute Gasteiger partial charge is 0.0225 e. The van der Waals surface area contributed by atoms with Crippen molar-refractivity contribution in [1.29, 1.82) is 0 Å². The van der Waals surface area contributed by atoms with E-state index >= 15 is 0 Å². The molecular formula is C22H30S. The second-order valence-electron chi connectivity index (χ2n) is 7.19. The van der Waals surface area contributed by atoms with Crippen LogP contribution in [-0.2, 0) is 5.41 Å². The Morgan fingerprint density at radius 3 is 1.65 bits per heavy atom. The lowest BCUT2D eigenvalue weighted by Crippen LogP contribution is -2.40. The summed E-state index contributed by atoms with van der Waals surface area (Å²) in [5.74, 6) is 1.27. The van der Waals surface area contributed by atoms with Crippen LogP contribution in [0.4, 0.5) is 0 Å². The zero-order chi connectivity index (χ0) is 16.8. The molecule has 1 heteroatoms. The third-order valence-corrected chi connectivity index (χ3v) is 6.15. The van der Waals surface area contributed by atoms with Gasteiger partial charge in [0.1, 0.15) is 0 Å². The molecule has 0 fully saturated rings. The van der Waals surface area contributed by atoms with Gasteiger partial charge in [0, 0.05) is 5.41 Å². The third kappa shape index (κ3) is 4.01. The lowest BCUT2D eigenvalue weighted by Gasteiger charge is -2.46. The highest BCUT2D eigenvalue weighted by Gasteiger charge is 2.43. The number of thioether (sulfide) groups is 1. The molecule has 0 aliphatic heterocycles. The summed E-state index contributed by atoms with van der Waals surface area (Å²) in [6, 6.07) is 22.0. The van der Waals surface area contributed by atoms with Crippen molar-refractivity contribution in [3.8, 4) is 0 Å². The highest BCUT2D eigenvalue weighted by atomic mass is 32.2. The minimum absolute atomic E-state index is 0.0227. The van der Waals surface area contributed by atoms with E-state index in [2.05, 4.69) is 87.7 Å². The first-order valence-corrected chi connectivity index (χ1v) is 10.0. The van der Waals surface area contributed by atoms with Gasteiger partial charge in [0.25, 0.3) is 0 Å². The first-order valence-electron chi connectivity index (χ1n) is 8.62. The molecule has 0 bridgehead atoms. The Kier molecular flexibility index (Phi) is 6.35. The van der Waals surface area contributed by atoms with Crippen LogP contribution in [0.5, 0.6) is 0 Å². The molecule has 124 valence electrons. The number of unbranched alkanes of at least 4 members (excludes halogenated alkanes) is 1. The third-order valence-electron chi connectivity index (χ3n) is 5.46. The lowest BCUT2D eigenvalue weighted by molar-refractivity contribution is 0.195. The fourth-order valence-corrected chi connectivity index (χ4v) is 4.05. The summed E-state index contributed by atoms with van der Waals surface area (Å²) in [5, 5.41) is 0. The van der Waals surface area contributed by atoms with Crippen LogP contribution < -0.4 is 0 Å². The Morgan fingerprint density at radius 2 is 1.22 bits per heavy atom. The quantitative estimate of drug-likeness (QED) is 0.495. The van der Waals surface area contributed by atoms with E-state index in [1.807, 2.05) is 11.8 Å². The zero-order valence-corrected chi connectivity index (χ0v) is 15.8.